The number of aryl methyl sites for hydroxylation is 3. The van der Waals surface area contributed by atoms with Crippen molar-refractivity contribution >= 4 is 41.2 Å². The molecule has 0 atom stereocenters. The van der Waals surface area contributed by atoms with Crippen LogP contribution in [0, 0.1) is 20.8 Å². The van der Waals surface area contributed by atoms with E-state index >= 15 is 0 Å². The van der Waals surface area contributed by atoms with Gasteiger partial charge >= 0.3 is 11.8 Å². The minimum absolute atomic E-state index is 0.215. The van der Waals surface area contributed by atoms with Crippen molar-refractivity contribution in [2.24, 2.45) is 5.10 Å². The van der Waals surface area contributed by atoms with Crippen LogP contribution < -0.4 is 20.8 Å². The Morgan fingerprint density at radius 2 is 1.64 bits per heavy atom. The number of carbonyl (C=O) groups is 3. The summed E-state index contributed by atoms with van der Waals surface area (Å²) in [5.41, 5.74) is 7.24. The van der Waals surface area contributed by atoms with Gasteiger partial charge in [-0.05, 0) is 61.7 Å². The number of amides is 3. The fourth-order valence-electron chi connectivity index (χ4n) is 3.13. The van der Waals surface area contributed by atoms with E-state index in [1.54, 1.807) is 18.2 Å². The lowest BCUT2D eigenvalue weighted by Gasteiger charge is -2.12. The molecule has 0 aliphatic heterocycles. The second-order valence-corrected chi connectivity index (χ2v) is 8.64. The Morgan fingerprint density at radius 1 is 0.917 bits per heavy atom. The van der Waals surface area contributed by atoms with Crippen LogP contribution in [0.2, 0.25) is 5.02 Å². The van der Waals surface area contributed by atoms with Gasteiger partial charge in [0.2, 0.25) is 0 Å². The lowest BCUT2D eigenvalue weighted by Crippen LogP contribution is -2.37. The predicted molar refractivity (Wildman–Crippen MR) is 140 cm³/mol. The first kappa shape index (κ1) is 26.4. The zero-order valence-electron chi connectivity index (χ0n) is 20.2. The number of ether oxygens (including phenoxy) is 1. The fraction of sp³-hybridized carbons (Fsp3) is 0.185. The summed E-state index contributed by atoms with van der Waals surface area (Å²) >= 11 is 6.07. The number of anilines is 1. The molecule has 3 N–H and O–H groups in total. The monoisotopic (exact) mass is 506 g/mol. The van der Waals surface area contributed by atoms with Gasteiger partial charge in [0.05, 0.1) is 6.21 Å². The minimum Gasteiger partial charge on any atom is -0.483 e. The number of benzene rings is 3. The van der Waals surface area contributed by atoms with E-state index in [4.69, 9.17) is 16.3 Å². The van der Waals surface area contributed by atoms with Crippen molar-refractivity contribution in [3.8, 4) is 5.75 Å². The van der Waals surface area contributed by atoms with E-state index in [1.165, 1.54) is 6.21 Å². The SMILES string of the molecule is Cc1ccc(CNC(=O)C(=O)N/N=C\c2cc(Cl)ccc2OCC(=O)Nc2cc(C)ccc2C)cc1. The third-order valence-corrected chi connectivity index (χ3v) is 5.38. The van der Waals surface area contributed by atoms with Crippen molar-refractivity contribution < 1.29 is 19.1 Å². The van der Waals surface area contributed by atoms with Crippen molar-refractivity contribution in [1.82, 2.24) is 10.7 Å². The van der Waals surface area contributed by atoms with Crippen molar-refractivity contribution in [3.63, 3.8) is 0 Å². The van der Waals surface area contributed by atoms with E-state index in [0.29, 0.717) is 22.0 Å². The smallest absolute Gasteiger partial charge is 0.329 e. The summed E-state index contributed by atoms with van der Waals surface area (Å²) in [6.45, 7) is 5.78. The van der Waals surface area contributed by atoms with Gasteiger partial charge < -0.3 is 15.4 Å². The quantitative estimate of drug-likeness (QED) is 0.243. The molecule has 3 aromatic rings. The fourth-order valence-corrected chi connectivity index (χ4v) is 3.31. The van der Waals surface area contributed by atoms with Crippen molar-refractivity contribution in [2.75, 3.05) is 11.9 Å². The van der Waals surface area contributed by atoms with Crippen LogP contribution in [0.1, 0.15) is 27.8 Å². The van der Waals surface area contributed by atoms with E-state index in [9.17, 15) is 14.4 Å². The highest BCUT2D eigenvalue weighted by Crippen LogP contribution is 2.22. The van der Waals surface area contributed by atoms with Gasteiger partial charge in [0.25, 0.3) is 5.91 Å². The van der Waals surface area contributed by atoms with E-state index in [-0.39, 0.29) is 19.1 Å². The molecule has 0 heterocycles. The van der Waals surface area contributed by atoms with Gasteiger partial charge in [0.15, 0.2) is 6.61 Å². The summed E-state index contributed by atoms with van der Waals surface area (Å²) in [6, 6.07) is 18.1. The molecule has 0 aliphatic rings. The number of halogens is 1. The average Bonchev–Trinajstić information content (AvgIpc) is 2.85. The van der Waals surface area contributed by atoms with Gasteiger partial charge in [-0.1, -0.05) is 53.6 Å². The maximum atomic E-state index is 12.4. The normalized spacial score (nSPS) is 10.7. The average molecular weight is 507 g/mol. The van der Waals surface area contributed by atoms with Gasteiger partial charge in [-0.15, -0.1) is 0 Å². The van der Waals surface area contributed by atoms with Gasteiger partial charge in [0.1, 0.15) is 5.75 Å². The van der Waals surface area contributed by atoms with Gasteiger partial charge in [-0.25, -0.2) is 5.43 Å². The Kier molecular flexibility index (Phi) is 9.19. The second kappa shape index (κ2) is 12.5. The Labute approximate surface area is 214 Å². The van der Waals surface area contributed by atoms with Gasteiger partial charge in [-0.3, -0.25) is 14.4 Å². The van der Waals surface area contributed by atoms with Crippen LogP contribution in [0.5, 0.6) is 5.75 Å². The van der Waals surface area contributed by atoms with Crippen molar-refractivity contribution in [1.29, 1.82) is 0 Å². The molecule has 0 radical (unpaired) electrons. The number of carbonyl (C=O) groups excluding carboxylic acids is 3. The molecule has 0 unspecified atom stereocenters. The van der Waals surface area contributed by atoms with Crippen LogP contribution in [-0.4, -0.2) is 30.5 Å². The molecular formula is C27H27ClN4O4. The molecule has 0 saturated heterocycles. The topological polar surface area (TPSA) is 109 Å². The molecule has 0 bridgehead atoms. The summed E-state index contributed by atoms with van der Waals surface area (Å²) in [7, 11) is 0. The lowest BCUT2D eigenvalue weighted by molar-refractivity contribution is -0.139. The number of hydrogen-bond acceptors (Lipinski definition) is 5. The highest BCUT2D eigenvalue weighted by atomic mass is 35.5. The minimum atomic E-state index is -0.921. The molecule has 186 valence electrons. The maximum Gasteiger partial charge on any atom is 0.329 e. The molecule has 0 aromatic heterocycles. The largest absolute Gasteiger partial charge is 0.483 e. The summed E-state index contributed by atoms with van der Waals surface area (Å²) in [5, 5.41) is 9.59. The molecule has 9 heteroatoms. The van der Waals surface area contributed by atoms with E-state index < -0.39 is 11.8 Å². The third-order valence-electron chi connectivity index (χ3n) is 5.15. The maximum absolute atomic E-state index is 12.4. The Bertz CT molecular complexity index is 1290. The number of nitrogens with zero attached hydrogens (tertiary/aromatic N) is 1. The first-order valence-electron chi connectivity index (χ1n) is 11.2. The summed E-state index contributed by atoms with van der Waals surface area (Å²) < 4.78 is 5.64. The summed E-state index contributed by atoms with van der Waals surface area (Å²) in [6.07, 6.45) is 1.29. The molecule has 0 aliphatic carbocycles. The van der Waals surface area contributed by atoms with Crippen molar-refractivity contribution in [3.05, 3.63) is 93.5 Å². The number of rotatable bonds is 8. The van der Waals surface area contributed by atoms with E-state index in [2.05, 4.69) is 21.2 Å². The molecule has 0 fully saturated rings. The summed E-state index contributed by atoms with van der Waals surface area (Å²) in [5.74, 6) is -1.74. The zero-order valence-corrected chi connectivity index (χ0v) is 21.0. The number of nitrogens with one attached hydrogen (secondary N) is 3. The molecule has 3 amide bonds. The molecule has 36 heavy (non-hydrogen) atoms. The van der Waals surface area contributed by atoms with Crippen LogP contribution in [0.25, 0.3) is 0 Å². The third kappa shape index (κ3) is 7.95. The Balaban J connectivity index is 1.54. The standard InChI is InChI=1S/C27H27ClN4O4/c1-17-5-8-20(9-6-17)14-29-26(34)27(35)32-30-15-21-13-22(28)10-11-24(21)36-16-25(33)31-23-12-18(2)4-7-19(23)3/h4-13,15H,14,16H2,1-3H3,(H,29,34)(H,31,33)(H,32,35)/b30-15-. The van der Waals surface area contributed by atoms with Crippen LogP contribution in [0.3, 0.4) is 0 Å². The first-order valence-corrected chi connectivity index (χ1v) is 11.6. The van der Waals surface area contributed by atoms with Crippen LogP contribution in [-0.2, 0) is 20.9 Å². The molecule has 3 rings (SSSR count). The van der Waals surface area contributed by atoms with Crippen LogP contribution in [0.15, 0.2) is 65.8 Å². The van der Waals surface area contributed by atoms with E-state index in [0.717, 1.165) is 22.3 Å². The van der Waals surface area contributed by atoms with Gasteiger partial charge in [-0.2, -0.15) is 5.10 Å². The first-order chi connectivity index (χ1) is 17.2. The van der Waals surface area contributed by atoms with Crippen molar-refractivity contribution in [2.45, 2.75) is 27.3 Å². The predicted octanol–water partition coefficient (Wildman–Crippen LogP) is 4.05. The van der Waals surface area contributed by atoms with E-state index in [1.807, 2.05) is 63.2 Å². The highest BCUT2D eigenvalue weighted by Gasteiger charge is 2.13. The highest BCUT2D eigenvalue weighted by molar-refractivity contribution is 6.35. The second-order valence-electron chi connectivity index (χ2n) is 8.20. The molecule has 3 aromatic carbocycles. The molecular weight excluding hydrogens is 480 g/mol. The lowest BCUT2D eigenvalue weighted by atomic mass is 10.1. The van der Waals surface area contributed by atoms with Crippen LogP contribution in [0.4, 0.5) is 5.69 Å². The molecule has 8 nitrogen and oxygen atoms in total. The number of hydrogen-bond donors (Lipinski definition) is 3. The summed E-state index contributed by atoms with van der Waals surface area (Å²) in [4.78, 5) is 36.5. The zero-order chi connectivity index (χ0) is 26.1. The Hall–Kier alpha value is -4.17. The van der Waals surface area contributed by atoms with Crippen LogP contribution >= 0.6 is 11.6 Å². The molecule has 0 saturated carbocycles. The number of hydrazone groups is 1. The Morgan fingerprint density at radius 3 is 2.39 bits per heavy atom. The van der Waals surface area contributed by atoms with Gasteiger partial charge in [0, 0.05) is 22.8 Å². The molecule has 0 spiro atoms.